The van der Waals surface area contributed by atoms with Crippen molar-refractivity contribution in [3.8, 4) is 0 Å². The van der Waals surface area contributed by atoms with E-state index in [9.17, 15) is 28.8 Å². The van der Waals surface area contributed by atoms with Crippen molar-refractivity contribution in [1.29, 1.82) is 0 Å². The van der Waals surface area contributed by atoms with E-state index in [1.54, 1.807) is 27.7 Å². The van der Waals surface area contributed by atoms with E-state index in [1.807, 2.05) is 44.2 Å². The number of benzene rings is 1. The number of likely N-dealkylation sites (tertiary alicyclic amines) is 1. The van der Waals surface area contributed by atoms with Crippen molar-refractivity contribution in [3.63, 3.8) is 0 Å². The summed E-state index contributed by atoms with van der Waals surface area (Å²) < 4.78 is 0. The quantitative estimate of drug-likeness (QED) is 0.264. The number of hydrogen-bond donors (Lipinski definition) is 5. The molecule has 0 aliphatic carbocycles. The standard InChI is InChI=1S/C28H42N6O6/c1-16(20(35)22(29)36)30-24(38)19-14-11-15-34(19)25(39)21(27(3,4)5)32-26(40)31-17(2)23(37)33-28(6,7)18-12-9-8-10-13-18/h8-10,12-13,16-17,19,21H,11,14-15H2,1-7H3,(H2,29,36)(H,30,38)(H,33,37)(H2,31,32,40)/t16?,17?,19-,21?/m0/s1. The Morgan fingerprint density at radius 1 is 0.900 bits per heavy atom. The number of urea groups is 1. The second kappa shape index (κ2) is 12.9. The normalized spacial score (nSPS) is 17.7. The summed E-state index contributed by atoms with van der Waals surface area (Å²) in [6.45, 7) is 12.2. The van der Waals surface area contributed by atoms with Crippen molar-refractivity contribution in [1.82, 2.24) is 26.2 Å². The number of carbonyl (C=O) groups is 6. The fraction of sp³-hybridized carbons (Fsp3) is 0.571. The van der Waals surface area contributed by atoms with Crippen LogP contribution in [0.4, 0.5) is 4.79 Å². The minimum atomic E-state index is -1.17. The number of carbonyl (C=O) groups excluding carboxylic acids is 6. The van der Waals surface area contributed by atoms with Crippen LogP contribution in [0.2, 0.25) is 0 Å². The fourth-order valence-corrected chi connectivity index (χ4v) is 4.48. The van der Waals surface area contributed by atoms with Crippen LogP contribution in [0, 0.1) is 5.41 Å². The van der Waals surface area contributed by atoms with E-state index in [2.05, 4.69) is 21.3 Å². The van der Waals surface area contributed by atoms with Crippen LogP contribution < -0.4 is 27.0 Å². The van der Waals surface area contributed by atoms with Crippen LogP contribution in [0.3, 0.4) is 0 Å². The van der Waals surface area contributed by atoms with E-state index in [-0.39, 0.29) is 6.54 Å². The second-order valence-electron chi connectivity index (χ2n) is 11.8. The molecule has 2 rings (SSSR count). The van der Waals surface area contributed by atoms with Crippen molar-refractivity contribution in [2.45, 2.75) is 91.0 Å². The molecule has 1 aliphatic heterocycles. The van der Waals surface area contributed by atoms with Crippen LogP contribution in [0.1, 0.15) is 66.9 Å². The highest BCUT2D eigenvalue weighted by atomic mass is 16.2. The van der Waals surface area contributed by atoms with Gasteiger partial charge in [0, 0.05) is 6.54 Å². The Balaban J connectivity index is 2.08. The zero-order chi connectivity index (χ0) is 30.4. The number of hydrogen-bond acceptors (Lipinski definition) is 6. The first-order valence-corrected chi connectivity index (χ1v) is 13.3. The summed E-state index contributed by atoms with van der Waals surface area (Å²) in [5.41, 5.74) is 4.49. The van der Waals surface area contributed by atoms with Crippen molar-refractivity contribution >= 4 is 35.4 Å². The van der Waals surface area contributed by atoms with Crippen LogP contribution in [0.15, 0.2) is 30.3 Å². The number of Topliss-reactive ketones (excluding diaryl/α,β-unsaturated/α-hetero) is 1. The highest BCUT2D eigenvalue weighted by molar-refractivity contribution is 6.37. The summed E-state index contributed by atoms with van der Waals surface area (Å²) in [6.07, 6.45) is 0.895. The highest BCUT2D eigenvalue weighted by Gasteiger charge is 2.42. The number of primary amides is 1. The molecule has 1 aromatic rings. The zero-order valence-electron chi connectivity index (χ0n) is 24.3. The fourth-order valence-electron chi connectivity index (χ4n) is 4.48. The van der Waals surface area contributed by atoms with Crippen molar-refractivity contribution in [2.24, 2.45) is 11.1 Å². The molecular formula is C28H42N6O6. The third kappa shape index (κ3) is 8.27. The van der Waals surface area contributed by atoms with E-state index in [0.717, 1.165) is 5.56 Å². The van der Waals surface area contributed by atoms with Gasteiger partial charge in [0.2, 0.25) is 23.5 Å². The maximum absolute atomic E-state index is 13.6. The molecule has 3 unspecified atom stereocenters. The lowest BCUT2D eigenvalue weighted by Crippen LogP contribution is -2.61. The molecule has 4 atom stereocenters. The molecule has 1 saturated heterocycles. The first-order valence-electron chi connectivity index (χ1n) is 13.3. The van der Waals surface area contributed by atoms with Gasteiger partial charge in [0.05, 0.1) is 11.6 Å². The molecule has 0 spiro atoms. The Kier molecular flexibility index (Phi) is 10.4. The topological polar surface area (TPSA) is 180 Å². The molecule has 12 nitrogen and oxygen atoms in total. The molecule has 1 heterocycles. The van der Waals surface area contributed by atoms with Gasteiger partial charge in [-0.05, 0) is 51.5 Å². The van der Waals surface area contributed by atoms with E-state index >= 15 is 0 Å². The summed E-state index contributed by atoms with van der Waals surface area (Å²) in [5.74, 6) is -3.58. The number of nitrogens with one attached hydrogen (secondary N) is 4. The number of nitrogens with two attached hydrogens (primary N) is 1. The summed E-state index contributed by atoms with van der Waals surface area (Å²) in [5, 5.41) is 10.6. The highest BCUT2D eigenvalue weighted by Crippen LogP contribution is 2.26. The Bertz CT molecular complexity index is 1130. The number of amides is 6. The van der Waals surface area contributed by atoms with Gasteiger partial charge in [-0.25, -0.2) is 4.79 Å². The number of ketones is 1. The maximum Gasteiger partial charge on any atom is 0.316 e. The summed E-state index contributed by atoms with van der Waals surface area (Å²) >= 11 is 0. The Morgan fingerprint density at radius 2 is 1.50 bits per heavy atom. The Morgan fingerprint density at radius 3 is 2.05 bits per heavy atom. The predicted octanol–water partition coefficient (Wildman–Crippen LogP) is 0.690. The minimum absolute atomic E-state index is 0.276. The van der Waals surface area contributed by atoms with Gasteiger partial charge in [0.1, 0.15) is 18.1 Å². The van der Waals surface area contributed by atoms with Gasteiger partial charge in [-0.15, -0.1) is 0 Å². The molecule has 1 fully saturated rings. The smallest absolute Gasteiger partial charge is 0.316 e. The monoisotopic (exact) mass is 558 g/mol. The van der Waals surface area contributed by atoms with Gasteiger partial charge in [-0.2, -0.15) is 0 Å². The lowest BCUT2D eigenvalue weighted by Gasteiger charge is -2.36. The Labute approximate surface area is 235 Å². The van der Waals surface area contributed by atoms with Crippen molar-refractivity contribution in [3.05, 3.63) is 35.9 Å². The molecule has 0 radical (unpaired) electrons. The van der Waals surface area contributed by atoms with Crippen molar-refractivity contribution in [2.75, 3.05) is 6.54 Å². The van der Waals surface area contributed by atoms with Gasteiger partial charge < -0.3 is 31.9 Å². The van der Waals surface area contributed by atoms with Crippen LogP contribution >= 0.6 is 0 Å². The molecule has 6 amide bonds. The maximum atomic E-state index is 13.6. The lowest BCUT2D eigenvalue weighted by atomic mass is 9.85. The predicted molar refractivity (Wildman–Crippen MR) is 149 cm³/mol. The van der Waals surface area contributed by atoms with Gasteiger partial charge in [0.15, 0.2) is 0 Å². The van der Waals surface area contributed by atoms with E-state index in [0.29, 0.717) is 12.8 Å². The Hall–Kier alpha value is -3.96. The molecule has 0 saturated carbocycles. The molecule has 1 aliphatic rings. The third-order valence-corrected chi connectivity index (χ3v) is 6.89. The first-order chi connectivity index (χ1) is 18.5. The molecule has 0 bridgehead atoms. The van der Waals surface area contributed by atoms with Crippen LogP contribution in [-0.4, -0.2) is 71.1 Å². The minimum Gasteiger partial charge on any atom is -0.363 e. The lowest BCUT2D eigenvalue weighted by molar-refractivity contribution is -0.143. The first kappa shape index (κ1) is 32.3. The largest absolute Gasteiger partial charge is 0.363 e. The molecular weight excluding hydrogens is 516 g/mol. The average Bonchev–Trinajstić information content (AvgIpc) is 3.36. The van der Waals surface area contributed by atoms with Gasteiger partial charge >= 0.3 is 6.03 Å². The average molecular weight is 559 g/mol. The van der Waals surface area contributed by atoms with E-state index in [4.69, 9.17) is 5.73 Å². The molecule has 220 valence electrons. The van der Waals surface area contributed by atoms with Crippen LogP contribution in [0.25, 0.3) is 0 Å². The number of nitrogens with zero attached hydrogens (tertiary/aromatic N) is 1. The third-order valence-electron chi connectivity index (χ3n) is 6.89. The van der Waals surface area contributed by atoms with Crippen molar-refractivity contribution < 1.29 is 28.8 Å². The second-order valence-corrected chi connectivity index (χ2v) is 11.8. The summed E-state index contributed by atoms with van der Waals surface area (Å²) in [7, 11) is 0. The van der Waals surface area contributed by atoms with E-state index < -0.39 is 70.6 Å². The number of rotatable bonds is 10. The van der Waals surface area contributed by atoms with E-state index in [1.165, 1.54) is 11.8 Å². The molecule has 1 aromatic carbocycles. The van der Waals surface area contributed by atoms with Gasteiger partial charge in [0.25, 0.3) is 5.91 Å². The van der Waals surface area contributed by atoms with Crippen LogP contribution in [-0.2, 0) is 29.5 Å². The van der Waals surface area contributed by atoms with Crippen LogP contribution in [0.5, 0.6) is 0 Å². The van der Waals surface area contributed by atoms with Gasteiger partial charge in [-0.3, -0.25) is 24.0 Å². The molecule has 6 N–H and O–H groups in total. The SMILES string of the molecule is CC(NC(=O)NC(C(=O)N1CCC[C@H]1C(=O)NC(C)C(=O)C(N)=O)C(C)(C)C)C(=O)NC(C)(C)c1ccccc1. The van der Waals surface area contributed by atoms with Gasteiger partial charge in [-0.1, -0.05) is 51.1 Å². The summed E-state index contributed by atoms with van der Waals surface area (Å²) in [6, 6.07) is 4.75. The summed E-state index contributed by atoms with van der Waals surface area (Å²) in [4.78, 5) is 76.6. The molecule has 0 aromatic heterocycles. The molecule has 12 heteroatoms. The zero-order valence-corrected chi connectivity index (χ0v) is 24.3. The molecule has 40 heavy (non-hydrogen) atoms.